The number of hydrogen-bond acceptors (Lipinski definition) is 3. The summed E-state index contributed by atoms with van der Waals surface area (Å²) in [5.74, 6) is 0.704. The van der Waals surface area contributed by atoms with Crippen molar-refractivity contribution in [2.24, 2.45) is 0 Å². The molecule has 82 valence electrons. The second-order valence-corrected chi connectivity index (χ2v) is 4.18. The zero-order valence-electron chi connectivity index (χ0n) is 8.75. The quantitative estimate of drug-likeness (QED) is 0.837. The summed E-state index contributed by atoms with van der Waals surface area (Å²) in [6.45, 7) is 0.819. The van der Waals surface area contributed by atoms with Gasteiger partial charge in [-0.25, -0.2) is 0 Å². The summed E-state index contributed by atoms with van der Waals surface area (Å²) < 4.78 is 5.86. The summed E-state index contributed by atoms with van der Waals surface area (Å²) in [5.41, 5.74) is 1.02. The molecule has 0 aliphatic heterocycles. The molecule has 0 saturated carbocycles. The Kier molecular flexibility index (Phi) is 4.90. The summed E-state index contributed by atoms with van der Waals surface area (Å²) in [6, 6.07) is 3.72. The Morgan fingerprint density at radius 3 is 2.87 bits per heavy atom. The van der Waals surface area contributed by atoms with Crippen molar-refractivity contribution in [2.45, 2.75) is 0 Å². The second-order valence-electron chi connectivity index (χ2n) is 3.01. The minimum Gasteiger partial charge on any atom is -0.504 e. The van der Waals surface area contributed by atoms with E-state index in [0.29, 0.717) is 5.75 Å². The molecule has 0 atom stereocenters. The Hall–Kier alpha value is -0.750. The molecule has 15 heavy (non-hydrogen) atoms. The van der Waals surface area contributed by atoms with E-state index in [0.717, 1.165) is 15.7 Å². The van der Waals surface area contributed by atoms with Crippen molar-refractivity contribution < 1.29 is 9.84 Å². The van der Waals surface area contributed by atoms with Gasteiger partial charge in [-0.1, -0.05) is 12.2 Å². The first kappa shape index (κ1) is 12.3. The first-order valence-electron chi connectivity index (χ1n) is 4.56. The van der Waals surface area contributed by atoms with Crippen molar-refractivity contribution in [1.82, 2.24) is 5.32 Å². The van der Waals surface area contributed by atoms with Gasteiger partial charge in [0.25, 0.3) is 0 Å². The normalized spacial score (nSPS) is 10.9. The van der Waals surface area contributed by atoms with Crippen molar-refractivity contribution in [3.63, 3.8) is 0 Å². The molecule has 1 aromatic carbocycles. The van der Waals surface area contributed by atoms with Crippen LogP contribution in [0, 0.1) is 3.57 Å². The van der Waals surface area contributed by atoms with E-state index in [-0.39, 0.29) is 5.75 Å². The van der Waals surface area contributed by atoms with E-state index in [4.69, 9.17) is 4.74 Å². The molecule has 0 radical (unpaired) electrons. The maximum absolute atomic E-state index is 9.62. The number of hydrogen-bond donors (Lipinski definition) is 2. The lowest BCUT2D eigenvalue weighted by atomic mass is 10.2. The lowest BCUT2D eigenvalue weighted by molar-refractivity contribution is 0.371. The molecular weight excluding hydrogens is 305 g/mol. The van der Waals surface area contributed by atoms with E-state index in [1.54, 1.807) is 7.11 Å². The largest absolute Gasteiger partial charge is 0.504 e. The number of phenols is 1. The summed E-state index contributed by atoms with van der Waals surface area (Å²) in [6.07, 6.45) is 4.00. The smallest absolute Gasteiger partial charge is 0.171 e. The number of phenolic OH excluding ortho intramolecular Hbond substituents is 1. The number of likely N-dealkylation sites (N-methyl/N-ethyl adjacent to an activating group) is 1. The average Bonchev–Trinajstić information content (AvgIpc) is 2.23. The fraction of sp³-hybridized carbons (Fsp3) is 0.273. The van der Waals surface area contributed by atoms with E-state index in [9.17, 15) is 5.11 Å². The monoisotopic (exact) mass is 319 g/mol. The minimum absolute atomic E-state index is 0.198. The maximum Gasteiger partial charge on any atom is 0.171 e. The number of benzene rings is 1. The Labute approximate surface area is 103 Å². The Morgan fingerprint density at radius 1 is 1.53 bits per heavy atom. The van der Waals surface area contributed by atoms with E-state index in [1.807, 2.05) is 31.3 Å². The summed E-state index contributed by atoms with van der Waals surface area (Å²) >= 11 is 2.08. The second kappa shape index (κ2) is 5.97. The van der Waals surface area contributed by atoms with E-state index >= 15 is 0 Å². The zero-order valence-corrected chi connectivity index (χ0v) is 10.9. The number of aromatic hydroxyl groups is 1. The van der Waals surface area contributed by atoms with Crippen LogP contribution >= 0.6 is 22.6 Å². The van der Waals surface area contributed by atoms with Crippen LogP contribution < -0.4 is 10.1 Å². The molecule has 0 aromatic heterocycles. The number of ether oxygens (including phenoxy) is 1. The lowest BCUT2D eigenvalue weighted by Gasteiger charge is -2.06. The van der Waals surface area contributed by atoms with Crippen molar-refractivity contribution >= 4 is 28.7 Å². The van der Waals surface area contributed by atoms with Crippen LogP contribution in [0.5, 0.6) is 11.5 Å². The molecule has 0 fully saturated rings. The molecule has 2 N–H and O–H groups in total. The molecule has 0 unspecified atom stereocenters. The van der Waals surface area contributed by atoms with Gasteiger partial charge in [0.1, 0.15) is 0 Å². The summed E-state index contributed by atoms with van der Waals surface area (Å²) in [5, 5.41) is 12.6. The molecule has 0 bridgehead atoms. The van der Waals surface area contributed by atoms with E-state index < -0.39 is 0 Å². The Bertz CT molecular complexity index is 364. The Balaban J connectivity index is 2.95. The predicted octanol–water partition coefficient (Wildman–Crippen LogP) is 2.24. The molecule has 1 rings (SSSR count). The van der Waals surface area contributed by atoms with Crippen LogP contribution in [0.25, 0.3) is 6.08 Å². The molecular formula is C11H14INO2. The van der Waals surface area contributed by atoms with Crippen LogP contribution in [0.15, 0.2) is 18.2 Å². The molecule has 0 spiro atoms. The van der Waals surface area contributed by atoms with Crippen LogP contribution in [0.3, 0.4) is 0 Å². The third-order valence-electron chi connectivity index (χ3n) is 1.90. The third kappa shape index (κ3) is 3.39. The van der Waals surface area contributed by atoms with Crippen LogP contribution in [0.2, 0.25) is 0 Å². The SMILES string of the molecule is CNCC=Cc1cc(I)c(O)c(OC)c1. The van der Waals surface area contributed by atoms with Gasteiger partial charge in [-0.2, -0.15) is 0 Å². The van der Waals surface area contributed by atoms with Gasteiger partial charge in [0.05, 0.1) is 10.7 Å². The standard InChI is InChI=1S/C11H14INO2/c1-13-5-3-4-8-6-9(12)11(14)10(7-8)15-2/h3-4,6-7,13-14H,5H2,1-2H3. The van der Waals surface area contributed by atoms with Crippen LogP contribution in [0.4, 0.5) is 0 Å². The van der Waals surface area contributed by atoms with Gasteiger partial charge in [-0.05, 0) is 47.3 Å². The molecule has 1 aromatic rings. The van der Waals surface area contributed by atoms with Gasteiger partial charge >= 0.3 is 0 Å². The highest BCUT2D eigenvalue weighted by Gasteiger charge is 2.06. The van der Waals surface area contributed by atoms with Gasteiger partial charge < -0.3 is 15.2 Å². The van der Waals surface area contributed by atoms with Crippen LogP contribution in [0.1, 0.15) is 5.56 Å². The minimum atomic E-state index is 0.198. The molecule has 0 saturated heterocycles. The van der Waals surface area contributed by atoms with Crippen molar-refractivity contribution in [2.75, 3.05) is 20.7 Å². The highest BCUT2D eigenvalue weighted by atomic mass is 127. The van der Waals surface area contributed by atoms with Crippen molar-refractivity contribution in [3.8, 4) is 11.5 Å². The Morgan fingerprint density at radius 2 is 2.27 bits per heavy atom. The number of halogens is 1. The van der Waals surface area contributed by atoms with Gasteiger partial charge in [0, 0.05) is 6.54 Å². The van der Waals surface area contributed by atoms with Crippen molar-refractivity contribution in [1.29, 1.82) is 0 Å². The fourth-order valence-electron chi connectivity index (χ4n) is 1.16. The molecule has 0 amide bonds. The average molecular weight is 319 g/mol. The maximum atomic E-state index is 9.62. The first-order valence-corrected chi connectivity index (χ1v) is 5.64. The third-order valence-corrected chi connectivity index (χ3v) is 2.73. The summed E-state index contributed by atoms with van der Waals surface area (Å²) in [7, 11) is 3.44. The van der Waals surface area contributed by atoms with E-state index in [1.165, 1.54) is 0 Å². The highest BCUT2D eigenvalue weighted by Crippen LogP contribution is 2.32. The van der Waals surface area contributed by atoms with Gasteiger partial charge in [0.2, 0.25) is 0 Å². The topological polar surface area (TPSA) is 41.5 Å². The van der Waals surface area contributed by atoms with Crippen LogP contribution in [-0.4, -0.2) is 25.8 Å². The molecule has 0 aliphatic carbocycles. The lowest BCUT2D eigenvalue weighted by Crippen LogP contribution is -2.03. The van der Waals surface area contributed by atoms with E-state index in [2.05, 4.69) is 27.9 Å². The summed E-state index contributed by atoms with van der Waals surface area (Å²) in [4.78, 5) is 0. The van der Waals surface area contributed by atoms with Crippen molar-refractivity contribution in [3.05, 3.63) is 27.3 Å². The molecule has 0 heterocycles. The fourth-order valence-corrected chi connectivity index (χ4v) is 1.78. The molecule has 3 nitrogen and oxygen atoms in total. The molecule has 4 heteroatoms. The highest BCUT2D eigenvalue weighted by molar-refractivity contribution is 14.1. The number of methoxy groups -OCH3 is 1. The van der Waals surface area contributed by atoms with Gasteiger partial charge in [-0.15, -0.1) is 0 Å². The van der Waals surface area contributed by atoms with Crippen LogP contribution in [-0.2, 0) is 0 Å². The van der Waals surface area contributed by atoms with Gasteiger partial charge in [0.15, 0.2) is 11.5 Å². The first-order chi connectivity index (χ1) is 7.19. The predicted molar refractivity (Wildman–Crippen MR) is 70.3 cm³/mol. The number of rotatable bonds is 4. The molecule has 0 aliphatic rings. The zero-order chi connectivity index (χ0) is 11.3. The van der Waals surface area contributed by atoms with Gasteiger partial charge in [-0.3, -0.25) is 0 Å². The number of nitrogens with one attached hydrogen (secondary N) is 1.